The van der Waals surface area contributed by atoms with Crippen LogP contribution >= 0.6 is 7.41 Å². The molecule has 3 aromatic rings. The minimum Gasteiger partial charge on any atom is -0.251 e. The summed E-state index contributed by atoms with van der Waals surface area (Å²) in [5.74, 6) is 0. The molecule has 0 aliphatic heterocycles. The van der Waals surface area contributed by atoms with Gasteiger partial charge in [-0.2, -0.15) is 0 Å². The van der Waals surface area contributed by atoms with Gasteiger partial charge in [0.1, 0.15) is 10.6 Å². The van der Waals surface area contributed by atoms with Gasteiger partial charge in [-0.15, -0.1) is 0 Å². The lowest BCUT2D eigenvalue weighted by Crippen LogP contribution is -2.27. The van der Waals surface area contributed by atoms with Gasteiger partial charge in [0, 0.05) is 0 Å². The molecule has 0 spiro atoms. The maximum absolute atomic E-state index is 3.80. The molecule has 0 aromatic heterocycles. The topological polar surface area (TPSA) is 12.0 Å². The van der Waals surface area contributed by atoms with Crippen molar-refractivity contribution in [2.45, 2.75) is 0 Å². The van der Waals surface area contributed by atoms with Crippen molar-refractivity contribution in [1.29, 1.82) is 0 Å². The van der Waals surface area contributed by atoms with E-state index in [0.717, 1.165) is 0 Å². The maximum Gasteiger partial charge on any atom is 0.163 e. The summed E-state index contributed by atoms with van der Waals surface area (Å²) in [5.41, 5.74) is 1.17. The predicted octanol–water partition coefficient (Wildman–Crippen LogP) is 4.31. The van der Waals surface area contributed by atoms with E-state index in [-0.39, 0.29) is 0 Å². The van der Waals surface area contributed by atoms with E-state index in [9.17, 15) is 0 Å². The van der Waals surface area contributed by atoms with Crippen LogP contribution in [0.4, 0.5) is 5.69 Å². The average molecular weight is 292 g/mol. The number of hydrogen-bond acceptors (Lipinski definition) is 1. The fourth-order valence-electron chi connectivity index (χ4n) is 2.50. The van der Waals surface area contributed by atoms with Gasteiger partial charge < -0.3 is 0 Å². The molecule has 3 rings (SSSR count). The molecule has 0 fully saturated rings. The number of rotatable bonds is 4. The molecule has 0 saturated heterocycles. The van der Waals surface area contributed by atoms with Crippen LogP contribution < -0.4 is 15.7 Å². The van der Waals surface area contributed by atoms with Crippen molar-refractivity contribution in [1.82, 2.24) is 0 Å². The standard InChI is InChI=1S/C19H19NP/c1-21(18-13-7-3-8-14-18,19-15-9-4-10-16-19)20-17-11-5-2-6-12-17/h2-16,20H,1H3/q+1. The third-order valence-electron chi connectivity index (χ3n) is 3.67. The Morgan fingerprint density at radius 2 is 0.952 bits per heavy atom. The highest BCUT2D eigenvalue weighted by Crippen LogP contribution is 2.51. The van der Waals surface area contributed by atoms with Crippen LogP contribution in [0.3, 0.4) is 0 Å². The van der Waals surface area contributed by atoms with Crippen LogP contribution in [0.25, 0.3) is 0 Å². The summed E-state index contributed by atoms with van der Waals surface area (Å²) in [7, 11) is -1.65. The van der Waals surface area contributed by atoms with Crippen LogP contribution in [0, 0.1) is 0 Å². The molecule has 0 saturated carbocycles. The first-order valence-corrected chi connectivity index (χ1v) is 9.34. The van der Waals surface area contributed by atoms with Crippen molar-refractivity contribution in [2.24, 2.45) is 0 Å². The van der Waals surface area contributed by atoms with E-state index in [4.69, 9.17) is 0 Å². The Balaban J connectivity index is 2.07. The lowest BCUT2D eigenvalue weighted by Gasteiger charge is -2.24. The van der Waals surface area contributed by atoms with Crippen molar-refractivity contribution in [3.8, 4) is 0 Å². The number of benzene rings is 3. The van der Waals surface area contributed by atoms with E-state index >= 15 is 0 Å². The maximum atomic E-state index is 3.80. The van der Waals surface area contributed by atoms with Crippen molar-refractivity contribution in [2.75, 3.05) is 11.8 Å². The van der Waals surface area contributed by atoms with E-state index in [1.807, 2.05) is 6.07 Å². The summed E-state index contributed by atoms with van der Waals surface area (Å²) in [6.07, 6.45) is 0. The Morgan fingerprint density at radius 3 is 1.38 bits per heavy atom. The zero-order chi connectivity index (χ0) is 14.5. The van der Waals surface area contributed by atoms with Crippen LogP contribution in [0.1, 0.15) is 0 Å². The van der Waals surface area contributed by atoms with Gasteiger partial charge in [-0.25, -0.2) is 0 Å². The molecule has 0 heterocycles. The Hall–Kier alpha value is -2.11. The largest absolute Gasteiger partial charge is 0.251 e. The number of anilines is 1. The third-order valence-corrected chi connectivity index (χ3v) is 7.04. The second kappa shape index (κ2) is 6.11. The highest BCUT2D eigenvalue weighted by Gasteiger charge is 2.37. The number of para-hydroxylation sites is 1. The van der Waals surface area contributed by atoms with Crippen molar-refractivity contribution < 1.29 is 0 Å². The summed E-state index contributed by atoms with van der Waals surface area (Å²) in [6.45, 7) is 2.34. The van der Waals surface area contributed by atoms with Gasteiger partial charge in [-0.1, -0.05) is 54.6 Å². The average Bonchev–Trinajstić information content (AvgIpc) is 2.57. The fraction of sp³-hybridized carbons (Fsp3) is 0.0526. The summed E-state index contributed by atoms with van der Waals surface area (Å²) in [6, 6.07) is 31.9. The minimum atomic E-state index is -1.65. The molecule has 2 heteroatoms. The molecule has 0 aliphatic carbocycles. The van der Waals surface area contributed by atoms with Crippen molar-refractivity contribution in [3.63, 3.8) is 0 Å². The Labute approximate surface area is 127 Å². The predicted molar refractivity (Wildman–Crippen MR) is 95.1 cm³/mol. The smallest absolute Gasteiger partial charge is 0.163 e. The lowest BCUT2D eigenvalue weighted by atomic mass is 10.3. The molecule has 1 N–H and O–H groups in total. The molecular formula is C19H19NP+. The normalized spacial score (nSPS) is 11.1. The highest BCUT2D eigenvalue weighted by molar-refractivity contribution is 7.90. The molecule has 0 bridgehead atoms. The SMILES string of the molecule is C[P+](Nc1ccccc1)(c1ccccc1)c1ccccc1. The molecule has 21 heavy (non-hydrogen) atoms. The molecule has 0 atom stereocenters. The van der Waals surface area contributed by atoms with E-state index in [0.29, 0.717) is 0 Å². The summed E-state index contributed by atoms with van der Waals surface area (Å²) < 4.78 is 0. The van der Waals surface area contributed by atoms with E-state index in [1.165, 1.54) is 16.3 Å². The van der Waals surface area contributed by atoms with E-state index < -0.39 is 7.41 Å². The quantitative estimate of drug-likeness (QED) is 0.706. The molecular weight excluding hydrogens is 273 g/mol. The van der Waals surface area contributed by atoms with Crippen molar-refractivity contribution >= 4 is 23.7 Å². The van der Waals surface area contributed by atoms with E-state index in [1.54, 1.807) is 0 Å². The highest BCUT2D eigenvalue weighted by atomic mass is 31.2. The Kier molecular flexibility index (Phi) is 4.03. The van der Waals surface area contributed by atoms with Crippen LogP contribution in [-0.4, -0.2) is 6.66 Å². The van der Waals surface area contributed by atoms with Crippen LogP contribution in [0.5, 0.6) is 0 Å². The first-order valence-electron chi connectivity index (χ1n) is 7.10. The fourth-order valence-corrected chi connectivity index (χ4v) is 5.26. The van der Waals surface area contributed by atoms with Gasteiger partial charge in [0.2, 0.25) is 0 Å². The van der Waals surface area contributed by atoms with Gasteiger partial charge in [-0.05, 0) is 36.4 Å². The molecule has 104 valence electrons. The summed E-state index contributed by atoms with van der Waals surface area (Å²) in [4.78, 5) is 0. The monoisotopic (exact) mass is 292 g/mol. The number of hydrogen-bond donors (Lipinski definition) is 1. The van der Waals surface area contributed by atoms with Crippen LogP contribution in [-0.2, 0) is 0 Å². The van der Waals surface area contributed by atoms with Gasteiger partial charge in [-0.3, -0.25) is 5.09 Å². The van der Waals surface area contributed by atoms with E-state index in [2.05, 4.69) is 96.7 Å². The molecule has 3 aromatic carbocycles. The minimum absolute atomic E-state index is 1.17. The summed E-state index contributed by atoms with van der Waals surface area (Å²) >= 11 is 0. The number of nitrogens with one attached hydrogen (secondary N) is 1. The lowest BCUT2D eigenvalue weighted by molar-refractivity contribution is 1.65. The van der Waals surface area contributed by atoms with Crippen LogP contribution in [0.15, 0.2) is 91.0 Å². The van der Waals surface area contributed by atoms with Crippen LogP contribution in [0.2, 0.25) is 0 Å². The van der Waals surface area contributed by atoms with Gasteiger partial charge >= 0.3 is 0 Å². The zero-order valence-electron chi connectivity index (χ0n) is 12.1. The third kappa shape index (κ3) is 2.99. The summed E-state index contributed by atoms with van der Waals surface area (Å²) in [5, 5.41) is 6.52. The zero-order valence-corrected chi connectivity index (χ0v) is 13.0. The Bertz CT molecular complexity index is 641. The molecule has 1 nitrogen and oxygen atoms in total. The van der Waals surface area contributed by atoms with Gasteiger partial charge in [0.15, 0.2) is 7.41 Å². The first kappa shape index (κ1) is 13.9. The Morgan fingerprint density at radius 1 is 0.571 bits per heavy atom. The second-order valence-electron chi connectivity index (χ2n) is 5.16. The van der Waals surface area contributed by atoms with Crippen molar-refractivity contribution in [3.05, 3.63) is 91.0 Å². The van der Waals surface area contributed by atoms with Gasteiger partial charge in [0.05, 0.1) is 12.4 Å². The molecule has 0 radical (unpaired) electrons. The molecule has 0 amide bonds. The molecule has 0 aliphatic rings. The first-order chi connectivity index (χ1) is 10.3. The van der Waals surface area contributed by atoms with Gasteiger partial charge in [0.25, 0.3) is 0 Å². The molecule has 0 unspecified atom stereocenters. The second-order valence-corrected chi connectivity index (χ2v) is 8.42.